The molecule has 0 aromatic heterocycles. The summed E-state index contributed by atoms with van der Waals surface area (Å²) in [6.45, 7) is 1.26. The lowest BCUT2D eigenvalue weighted by Crippen LogP contribution is -2.41. The van der Waals surface area contributed by atoms with Crippen LogP contribution in [-0.2, 0) is 16.0 Å². The summed E-state index contributed by atoms with van der Waals surface area (Å²) in [6, 6.07) is 3.53. The summed E-state index contributed by atoms with van der Waals surface area (Å²) in [5, 5.41) is 20.7. The lowest BCUT2D eigenvalue weighted by atomic mass is 10.1. The quantitative estimate of drug-likeness (QED) is 0.711. The Hall–Kier alpha value is -2.24. The lowest BCUT2D eigenvalue weighted by molar-refractivity contribution is -0.141. The van der Waals surface area contributed by atoms with Crippen LogP contribution in [0.15, 0.2) is 18.2 Å². The van der Waals surface area contributed by atoms with E-state index in [-0.39, 0.29) is 17.9 Å². The number of phenols is 1. The van der Waals surface area contributed by atoms with Crippen LogP contribution in [-0.4, -0.2) is 35.2 Å². The van der Waals surface area contributed by atoms with Crippen LogP contribution in [0.5, 0.6) is 11.5 Å². The Morgan fingerprint density at radius 3 is 2.61 bits per heavy atom. The summed E-state index contributed by atoms with van der Waals surface area (Å²) < 4.78 is 4.92. The second kappa shape index (κ2) is 5.90. The van der Waals surface area contributed by atoms with Gasteiger partial charge < -0.3 is 20.3 Å². The molecule has 1 aromatic rings. The van der Waals surface area contributed by atoms with E-state index in [0.29, 0.717) is 5.56 Å². The van der Waals surface area contributed by atoms with Gasteiger partial charge in [0.2, 0.25) is 5.91 Å². The molecule has 1 atom stereocenters. The number of phenolic OH excluding ortho intramolecular Hbond substituents is 1. The summed E-state index contributed by atoms with van der Waals surface area (Å²) in [5.74, 6) is -1.28. The first kappa shape index (κ1) is 13.8. The molecule has 1 rings (SSSR count). The van der Waals surface area contributed by atoms with Crippen LogP contribution in [0.1, 0.15) is 12.5 Å². The normalized spacial score (nSPS) is 11.7. The van der Waals surface area contributed by atoms with Crippen molar-refractivity contribution in [1.82, 2.24) is 5.32 Å². The van der Waals surface area contributed by atoms with E-state index in [4.69, 9.17) is 9.84 Å². The maximum Gasteiger partial charge on any atom is 0.326 e. The van der Waals surface area contributed by atoms with Gasteiger partial charge in [-0.3, -0.25) is 4.79 Å². The number of ether oxygens (including phenoxy) is 1. The molecule has 1 aromatic carbocycles. The van der Waals surface area contributed by atoms with Crippen LogP contribution in [0.25, 0.3) is 0 Å². The number of aliphatic carboxylic acids is 1. The van der Waals surface area contributed by atoms with Gasteiger partial charge in [0.15, 0.2) is 11.5 Å². The first-order chi connectivity index (χ1) is 8.43. The number of carboxylic acid groups (broad SMARTS) is 1. The van der Waals surface area contributed by atoms with E-state index in [9.17, 15) is 14.7 Å². The Balaban J connectivity index is 2.87. The highest BCUT2D eigenvalue weighted by Gasteiger charge is 2.19. The molecule has 0 unspecified atom stereocenters. The first-order valence-corrected chi connectivity index (χ1v) is 5.30. The van der Waals surface area contributed by atoms with Gasteiger partial charge >= 0.3 is 5.97 Å². The second-order valence-corrected chi connectivity index (χ2v) is 3.80. The van der Waals surface area contributed by atoms with Gasteiger partial charge in [0.05, 0.1) is 7.11 Å². The number of amides is 1. The minimum Gasteiger partial charge on any atom is -0.504 e. The van der Waals surface area contributed by atoms with Crippen molar-refractivity contribution in [2.45, 2.75) is 19.4 Å². The molecule has 3 N–H and O–H groups in total. The molecule has 6 nitrogen and oxygen atoms in total. The average Bonchev–Trinajstić information content (AvgIpc) is 2.29. The Morgan fingerprint density at radius 1 is 1.44 bits per heavy atom. The Labute approximate surface area is 104 Å². The summed E-state index contributed by atoms with van der Waals surface area (Å²) in [6.07, 6.45) is 0.117. The monoisotopic (exact) mass is 253 g/mol. The number of benzene rings is 1. The Bertz CT molecular complexity index is 458. The molecule has 0 saturated heterocycles. The minimum atomic E-state index is -1.11. The Morgan fingerprint density at radius 2 is 2.11 bits per heavy atom. The SMILES string of the molecule is COc1cc(C[C@@H](NC(C)=O)C(=O)O)ccc1O. The van der Waals surface area contributed by atoms with Crippen molar-refractivity contribution in [1.29, 1.82) is 0 Å². The summed E-state index contributed by atoms with van der Waals surface area (Å²) in [5.41, 5.74) is 0.644. The van der Waals surface area contributed by atoms with Gasteiger partial charge in [-0.2, -0.15) is 0 Å². The van der Waals surface area contributed by atoms with Crippen molar-refractivity contribution < 1.29 is 24.5 Å². The van der Waals surface area contributed by atoms with Gasteiger partial charge in [-0.15, -0.1) is 0 Å². The molecule has 98 valence electrons. The zero-order valence-corrected chi connectivity index (χ0v) is 10.1. The first-order valence-electron chi connectivity index (χ1n) is 5.30. The standard InChI is InChI=1S/C12H15NO5/c1-7(14)13-9(12(16)17)5-8-3-4-10(15)11(6-8)18-2/h3-4,6,9,15H,5H2,1-2H3,(H,13,14)(H,16,17)/t9-/m1/s1. The fourth-order valence-electron chi connectivity index (χ4n) is 1.53. The van der Waals surface area contributed by atoms with Crippen LogP contribution in [0.2, 0.25) is 0 Å². The summed E-state index contributed by atoms with van der Waals surface area (Å²) in [4.78, 5) is 21.9. The number of carbonyl (C=O) groups is 2. The van der Waals surface area contributed by atoms with Crippen molar-refractivity contribution in [3.05, 3.63) is 23.8 Å². The maximum absolute atomic E-state index is 11.0. The molecule has 0 fully saturated rings. The van der Waals surface area contributed by atoms with Crippen molar-refractivity contribution >= 4 is 11.9 Å². The van der Waals surface area contributed by atoms with E-state index >= 15 is 0 Å². The fraction of sp³-hybridized carbons (Fsp3) is 0.333. The third-order valence-corrected chi connectivity index (χ3v) is 2.36. The number of hydrogen-bond acceptors (Lipinski definition) is 4. The average molecular weight is 253 g/mol. The Kier molecular flexibility index (Phi) is 4.53. The van der Waals surface area contributed by atoms with Crippen molar-refractivity contribution in [3.8, 4) is 11.5 Å². The second-order valence-electron chi connectivity index (χ2n) is 3.80. The molecule has 0 aliphatic carbocycles. The van der Waals surface area contributed by atoms with Crippen LogP contribution < -0.4 is 10.1 Å². The van der Waals surface area contributed by atoms with Gasteiger partial charge in [-0.1, -0.05) is 6.07 Å². The predicted molar refractivity (Wildman–Crippen MR) is 63.6 cm³/mol. The predicted octanol–water partition coefficient (Wildman–Crippen LogP) is 0.533. The van der Waals surface area contributed by atoms with E-state index in [1.54, 1.807) is 6.07 Å². The maximum atomic E-state index is 11.0. The minimum absolute atomic E-state index is 0.0207. The number of nitrogens with one attached hydrogen (secondary N) is 1. The van der Waals surface area contributed by atoms with Crippen molar-refractivity contribution in [3.63, 3.8) is 0 Å². The largest absolute Gasteiger partial charge is 0.504 e. The third-order valence-electron chi connectivity index (χ3n) is 2.36. The molecule has 0 aliphatic heterocycles. The van der Waals surface area contributed by atoms with Gasteiger partial charge in [0, 0.05) is 13.3 Å². The fourth-order valence-corrected chi connectivity index (χ4v) is 1.53. The molecular formula is C12H15NO5. The highest BCUT2D eigenvalue weighted by atomic mass is 16.5. The molecule has 1 amide bonds. The highest BCUT2D eigenvalue weighted by Crippen LogP contribution is 2.26. The summed E-state index contributed by atoms with van der Waals surface area (Å²) in [7, 11) is 1.40. The molecular weight excluding hydrogens is 238 g/mol. The molecule has 6 heteroatoms. The number of aromatic hydroxyl groups is 1. The van der Waals surface area contributed by atoms with E-state index in [1.165, 1.54) is 26.2 Å². The molecule has 0 spiro atoms. The van der Waals surface area contributed by atoms with Gasteiger partial charge in [0.1, 0.15) is 6.04 Å². The molecule has 18 heavy (non-hydrogen) atoms. The van der Waals surface area contributed by atoms with E-state index in [2.05, 4.69) is 5.32 Å². The van der Waals surface area contributed by atoms with Gasteiger partial charge in [0.25, 0.3) is 0 Å². The smallest absolute Gasteiger partial charge is 0.326 e. The molecule has 0 saturated carbocycles. The van der Waals surface area contributed by atoms with Gasteiger partial charge in [-0.05, 0) is 17.7 Å². The van der Waals surface area contributed by atoms with E-state index in [1.807, 2.05) is 0 Å². The van der Waals surface area contributed by atoms with E-state index < -0.39 is 17.9 Å². The van der Waals surface area contributed by atoms with Gasteiger partial charge in [-0.25, -0.2) is 4.79 Å². The van der Waals surface area contributed by atoms with Crippen LogP contribution in [0.3, 0.4) is 0 Å². The number of hydrogen-bond donors (Lipinski definition) is 3. The molecule has 0 radical (unpaired) electrons. The highest BCUT2D eigenvalue weighted by molar-refractivity contribution is 5.82. The van der Waals surface area contributed by atoms with Crippen LogP contribution in [0, 0.1) is 0 Å². The zero-order chi connectivity index (χ0) is 13.7. The molecule has 0 heterocycles. The molecule has 0 aliphatic rings. The van der Waals surface area contributed by atoms with Crippen LogP contribution >= 0.6 is 0 Å². The summed E-state index contributed by atoms with van der Waals surface area (Å²) >= 11 is 0. The number of rotatable bonds is 5. The number of methoxy groups -OCH3 is 1. The van der Waals surface area contributed by atoms with E-state index in [0.717, 1.165) is 0 Å². The molecule has 0 bridgehead atoms. The number of carbonyl (C=O) groups excluding carboxylic acids is 1. The van der Waals surface area contributed by atoms with Crippen LogP contribution in [0.4, 0.5) is 0 Å². The lowest BCUT2D eigenvalue weighted by Gasteiger charge is -2.14. The van der Waals surface area contributed by atoms with Crippen molar-refractivity contribution in [2.75, 3.05) is 7.11 Å². The van der Waals surface area contributed by atoms with Crippen molar-refractivity contribution in [2.24, 2.45) is 0 Å². The third kappa shape index (κ3) is 3.65. The topological polar surface area (TPSA) is 95.9 Å². The number of carboxylic acids is 1. The zero-order valence-electron chi connectivity index (χ0n) is 10.1.